The van der Waals surface area contributed by atoms with Crippen molar-refractivity contribution in [3.8, 4) is 22.8 Å². The molecule has 1 aromatic heterocycles. The molecule has 0 atom stereocenters. The van der Waals surface area contributed by atoms with Gasteiger partial charge < -0.3 is 9.47 Å². The summed E-state index contributed by atoms with van der Waals surface area (Å²) in [7, 11) is 1.25. The second-order valence-electron chi connectivity index (χ2n) is 5.36. The molecule has 1 amide bonds. The number of methoxy groups -OCH3 is 1. The predicted octanol–water partition coefficient (Wildman–Crippen LogP) is 4.95. The Morgan fingerprint density at radius 2 is 1.93 bits per heavy atom. The van der Waals surface area contributed by atoms with Crippen LogP contribution in [0.25, 0.3) is 11.3 Å². The maximum atomic E-state index is 13.8. The molecule has 0 saturated heterocycles. The van der Waals surface area contributed by atoms with E-state index in [1.54, 1.807) is 0 Å². The fourth-order valence-corrected chi connectivity index (χ4v) is 3.03. The highest BCUT2D eigenvalue weighted by Crippen LogP contribution is 2.31. The van der Waals surface area contributed by atoms with E-state index >= 15 is 0 Å². The lowest BCUT2D eigenvalue weighted by atomic mass is 10.1. The Kier molecular flexibility index (Phi) is 5.78. The summed E-state index contributed by atoms with van der Waals surface area (Å²) in [5.41, 5.74) is 0.231. The lowest BCUT2D eigenvalue weighted by Crippen LogP contribution is -2.12. The van der Waals surface area contributed by atoms with E-state index in [1.807, 2.05) is 0 Å². The first-order chi connectivity index (χ1) is 13.4. The summed E-state index contributed by atoms with van der Waals surface area (Å²) in [6.45, 7) is -3.04. The van der Waals surface area contributed by atoms with Crippen LogP contribution in [0.5, 0.6) is 11.5 Å². The third kappa shape index (κ3) is 4.39. The average Bonchev–Trinajstić information content (AvgIpc) is 3.11. The van der Waals surface area contributed by atoms with Crippen molar-refractivity contribution in [1.29, 1.82) is 0 Å². The molecule has 0 fully saturated rings. The van der Waals surface area contributed by atoms with Crippen molar-refractivity contribution in [2.45, 2.75) is 6.61 Å². The van der Waals surface area contributed by atoms with Crippen LogP contribution in [0.4, 0.5) is 22.7 Å². The van der Waals surface area contributed by atoms with Crippen LogP contribution >= 0.6 is 11.3 Å². The monoisotopic (exact) mass is 412 g/mol. The largest absolute Gasteiger partial charge is 0.493 e. The SMILES string of the molecule is COc1cc(C(=O)Nc2nc(-c3cc(F)ccc3F)cs2)ccc1OC(F)F. The van der Waals surface area contributed by atoms with Gasteiger partial charge >= 0.3 is 6.61 Å². The van der Waals surface area contributed by atoms with Gasteiger partial charge in [0.1, 0.15) is 11.6 Å². The minimum atomic E-state index is -3.04. The second kappa shape index (κ2) is 8.26. The molecule has 0 spiro atoms. The molecule has 5 nitrogen and oxygen atoms in total. The predicted molar refractivity (Wildman–Crippen MR) is 95.0 cm³/mol. The number of alkyl halides is 2. The Labute approximate surface area is 160 Å². The van der Waals surface area contributed by atoms with Crippen LogP contribution in [0, 0.1) is 11.6 Å². The number of hydrogen-bond acceptors (Lipinski definition) is 5. The van der Waals surface area contributed by atoms with Crippen molar-refractivity contribution < 1.29 is 31.8 Å². The van der Waals surface area contributed by atoms with Crippen LogP contribution in [0.15, 0.2) is 41.8 Å². The Morgan fingerprint density at radius 3 is 2.64 bits per heavy atom. The number of ether oxygens (including phenoxy) is 2. The third-order valence-corrected chi connectivity index (χ3v) is 4.33. The number of anilines is 1. The van der Waals surface area contributed by atoms with Crippen LogP contribution in [-0.4, -0.2) is 24.6 Å². The molecule has 0 radical (unpaired) electrons. The molecule has 146 valence electrons. The van der Waals surface area contributed by atoms with Gasteiger partial charge in [0.15, 0.2) is 16.6 Å². The molecule has 1 N–H and O–H groups in total. The molecule has 0 aliphatic carbocycles. The molecule has 0 saturated carbocycles. The molecular formula is C18H12F4N2O3S. The Morgan fingerprint density at radius 1 is 1.14 bits per heavy atom. The summed E-state index contributed by atoms with van der Waals surface area (Å²) in [6.07, 6.45) is 0. The average molecular weight is 412 g/mol. The minimum absolute atomic E-state index is 0.0353. The lowest BCUT2D eigenvalue weighted by Gasteiger charge is -2.11. The third-order valence-electron chi connectivity index (χ3n) is 3.57. The van der Waals surface area contributed by atoms with Gasteiger partial charge in [-0.25, -0.2) is 13.8 Å². The van der Waals surface area contributed by atoms with Gasteiger partial charge in [0.25, 0.3) is 5.91 Å². The Bertz CT molecular complexity index is 1010. The van der Waals surface area contributed by atoms with E-state index in [2.05, 4.69) is 15.0 Å². The van der Waals surface area contributed by atoms with Crippen molar-refractivity contribution in [3.63, 3.8) is 0 Å². The number of nitrogens with zero attached hydrogens (tertiary/aromatic N) is 1. The number of rotatable bonds is 6. The number of benzene rings is 2. The number of thiazole rings is 1. The van der Waals surface area contributed by atoms with E-state index in [-0.39, 0.29) is 33.5 Å². The van der Waals surface area contributed by atoms with Crippen LogP contribution < -0.4 is 14.8 Å². The van der Waals surface area contributed by atoms with Crippen molar-refractivity contribution in [1.82, 2.24) is 4.98 Å². The zero-order valence-electron chi connectivity index (χ0n) is 14.2. The number of halogens is 4. The van der Waals surface area contributed by atoms with Gasteiger partial charge in [-0.15, -0.1) is 11.3 Å². The fourth-order valence-electron chi connectivity index (χ4n) is 2.32. The smallest absolute Gasteiger partial charge is 0.387 e. The number of aromatic nitrogens is 1. The molecule has 2 aromatic carbocycles. The highest BCUT2D eigenvalue weighted by Gasteiger charge is 2.16. The molecular weight excluding hydrogens is 400 g/mol. The van der Waals surface area contributed by atoms with Crippen LogP contribution in [0.1, 0.15) is 10.4 Å². The summed E-state index contributed by atoms with van der Waals surface area (Å²) in [5, 5.41) is 4.12. The first-order valence-corrected chi connectivity index (χ1v) is 8.60. The molecule has 0 unspecified atom stereocenters. The van der Waals surface area contributed by atoms with E-state index < -0.39 is 24.2 Å². The minimum Gasteiger partial charge on any atom is -0.493 e. The number of carbonyl (C=O) groups excluding carboxylic acids is 1. The Hall–Kier alpha value is -3.14. The van der Waals surface area contributed by atoms with Gasteiger partial charge in [-0.2, -0.15) is 8.78 Å². The van der Waals surface area contributed by atoms with Crippen LogP contribution in [-0.2, 0) is 0 Å². The van der Waals surface area contributed by atoms with Gasteiger partial charge in [-0.3, -0.25) is 10.1 Å². The molecule has 0 aliphatic heterocycles. The summed E-state index contributed by atoms with van der Waals surface area (Å²) in [5.74, 6) is -2.12. The van der Waals surface area contributed by atoms with Crippen molar-refractivity contribution in [2.75, 3.05) is 12.4 Å². The summed E-state index contributed by atoms with van der Waals surface area (Å²) >= 11 is 1.02. The number of carbonyl (C=O) groups is 1. The highest BCUT2D eigenvalue weighted by atomic mass is 32.1. The first-order valence-electron chi connectivity index (χ1n) is 7.72. The topological polar surface area (TPSA) is 60.5 Å². The standard InChI is InChI=1S/C18H12F4N2O3S/c1-26-15-6-9(2-5-14(15)27-17(21)22)16(25)24-18-23-13(8-28-18)11-7-10(19)3-4-12(11)20/h2-8,17H,1H3,(H,23,24,25). The zero-order chi connectivity index (χ0) is 20.3. The Balaban J connectivity index is 1.78. The number of hydrogen-bond donors (Lipinski definition) is 1. The van der Waals surface area contributed by atoms with E-state index in [0.29, 0.717) is 0 Å². The fraction of sp³-hybridized carbons (Fsp3) is 0.111. The quantitative estimate of drug-likeness (QED) is 0.582. The van der Waals surface area contributed by atoms with Crippen LogP contribution in [0.3, 0.4) is 0 Å². The van der Waals surface area contributed by atoms with Gasteiger partial charge in [-0.05, 0) is 36.4 Å². The summed E-state index contributed by atoms with van der Waals surface area (Å²) in [4.78, 5) is 16.4. The van der Waals surface area contributed by atoms with Crippen molar-refractivity contribution >= 4 is 22.4 Å². The van der Waals surface area contributed by atoms with E-state index in [0.717, 1.165) is 29.5 Å². The van der Waals surface area contributed by atoms with Gasteiger partial charge in [-0.1, -0.05) is 0 Å². The van der Waals surface area contributed by atoms with E-state index in [9.17, 15) is 22.4 Å². The molecule has 3 aromatic rings. The van der Waals surface area contributed by atoms with Gasteiger partial charge in [0.05, 0.1) is 12.8 Å². The summed E-state index contributed by atoms with van der Waals surface area (Å²) < 4.78 is 61.1. The van der Waals surface area contributed by atoms with Crippen LogP contribution in [0.2, 0.25) is 0 Å². The number of amides is 1. The molecule has 0 bridgehead atoms. The molecule has 28 heavy (non-hydrogen) atoms. The second-order valence-corrected chi connectivity index (χ2v) is 6.22. The van der Waals surface area contributed by atoms with Crippen molar-refractivity contribution in [3.05, 3.63) is 59.0 Å². The molecule has 1 heterocycles. The highest BCUT2D eigenvalue weighted by molar-refractivity contribution is 7.14. The van der Waals surface area contributed by atoms with Gasteiger partial charge in [0, 0.05) is 16.5 Å². The molecule has 0 aliphatic rings. The first kappa shape index (κ1) is 19.6. The van der Waals surface area contributed by atoms with Gasteiger partial charge in [0.2, 0.25) is 0 Å². The zero-order valence-corrected chi connectivity index (χ0v) is 15.0. The van der Waals surface area contributed by atoms with E-state index in [1.165, 1.54) is 30.7 Å². The molecule has 3 rings (SSSR count). The number of nitrogens with one attached hydrogen (secondary N) is 1. The van der Waals surface area contributed by atoms with Crippen molar-refractivity contribution in [2.24, 2.45) is 0 Å². The normalized spacial score (nSPS) is 10.8. The maximum absolute atomic E-state index is 13.8. The van der Waals surface area contributed by atoms with E-state index in [4.69, 9.17) is 4.74 Å². The molecule has 10 heteroatoms. The lowest BCUT2D eigenvalue weighted by molar-refractivity contribution is -0.0512. The summed E-state index contributed by atoms with van der Waals surface area (Å²) in [6, 6.07) is 6.66. The maximum Gasteiger partial charge on any atom is 0.387 e.